The Kier molecular flexibility index (Phi) is 2.00. The summed E-state index contributed by atoms with van der Waals surface area (Å²) in [5, 5.41) is 0. The predicted molar refractivity (Wildman–Crippen MR) is 56.7 cm³/mol. The molecule has 1 aromatic rings. The van der Waals surface area contributed by atoms with Crippen molar-refractivity contribution in [1.82, 2.24) is 0 Å². The van der Waals surface area contributed by atoms with Crippen molar-refractivity contribution in [2.24, 2.45) is 0 Å². The van der Waals surface area contributed by atoms with Crippen molar-refractivity contribution in [2.45, 2.75) is 33.0 Å². The number of benzene rings is 1. The molecule has 13 heavy (non-hydrogen) atoms. The van der Waals surface area contributed by atoms with Crippen LogP contribution in [0.1, 0.15) is 30.5 Å². The lowest BCUT2D eigenvalue weighted by Gasteiger charge is -2.18. The van der Waals surface area contributed by atoms with Crippen LogP contribution in [0.15, 0.2) is 16.6 Å². The van der Waals surface area contributed by atoms with Gasteiger partial charge >= 0.3 is 0 Å². The first kappa shape index (κ1) is 9.22. The van der Waals surface area contributed by atoms with Crippen LogP contribution < -0.4 is 0 Å². The van der Waals surface area contributed by atoms with Crippen molar-refractivity contribution in [3.8, 4) is 0 Å². The molecular formula is C11H13BrO. The molecule has 0 bridgehead atoms. The molecule has 1 heterocycles. The van der Waals surface area contributed by atoms with Gasteiger partial charge < -0.3 is 4.74 Å². The van der Waals surface area contributed by atoms with Crippen LogP contribution in [-0.4, -0.2) is 0 Å². The van der Waals surface area contributed by atoms with Gasteiger partial charge in [0.25, 0.3) is 0 Å². The highest BCUT2D eigenvalue weighted by Gasteiger charge is 2.30. The van der Waals surface area contributed by atoms with E-state index in [2.05, 4.69) is 48.8 Å². The van der Waals surface area contributed by atoms with Gasteiger partial charge in [-0.2, -0.15) is 0 Å². The molecule has 0 radical (unpaired) electrons. The molecule has 0 unspecified atom stereocenters. The Labute approximate surface area is 87.2 Å². The van der Waals surface area contributed by atoms with Crippen molar-refractivity contribution in [2.75, 3.05) is 0 Å². The molecule has 0 saturated carbocycles. The first-order chi connectivity index (χ1) is 6.00. The minimum Gasteiger partial charge on any atom is -0.366 e. The first-order valence-electron chi connectivity index (χ1n) is 4.44. The van der Waals surface area contributed by atoms with E-state index in [1.54, 1.807) is 0 Å². The number of hydrogen-bond donors (Lipinski definition) is 0. The van der Waals surface area contributed by atoms with Gasteiger partial charge in [-0.15, -0.1) is 0 Å². The van der Waals surface area contributed by atoms with Crippen molar-refractivity contribution in [1.29, 1.82) is 0 Å². The van der Waals surface area contributed by atoms with Crippen LogP contribution in [0.25, 0.3) is 0 Å². The second-order valence-corrected chi connectivity index (χ2v) is 4.91. The molecule has 0 N–H and O–H groups in total. The van der Waals surface area contributed by atoms with Crippen molar-refractivity contribution in [3.05, 3.63) is 33.3 Å². The molecule has 2 rings (SSSR count). The monoisotopic (exact) mass is 240 g/mol. The molecule has 0 saturated heterocycles. The molecule has 1 aliphatic heterocycles. The summed E-state index contributed by atoms with van der Waals surface area (Å²) < 4.78 is 6.87. The average molecular weight is 241 g/mol. The Morgan fingerprint density at radius 2 is 2.08 bits per heavy atom. The van der Waals surface area contributed by atoms with Crippen LogP contribution in [-0.2, 0) is 16.9 Å². The Hall–Kier alpha value is -0.340. The number of rotatable bonds is 0. The Bertz CT molecular complexity index is 355. The summed E-state index contributed by atoms with van der Waals surface area (Å²) >= 11 is 3.53. The van der Waals surface area contributed by atoms with Crippen LogP contribution in [0.5, 0.6) is 0 Å². The van der Waals surface area contributed by atoms with Crippen LogP contribution in [0.4, 0.5) is 0 Å². The number of aryl methyl sites for hydroxylation is 1. The van der Waals surface area contributed by atoms with Gasteiger partial charge in [0.15, 0.2) is 0 Å². The molecular weight excluding hydrogens is 228 g/mol. The third kappa shape index (κ3) is 1.42. The van der Waals surface area contributed by atoms with E-state index < -0.39 is 0 Å². The van der Waals surface area contributed by atoms with E-state index >= 15 is 0 Å². The SMILES string of the molecule is Cc1cc2c(cc1Br)COC2(C)C. The third-order valence-corrected chi connectivity index (χ3v) is 3.48. The molecule has 0 aromatic heterocycles. The van der Waals surface area contributed by atoms with E-state index in [4.69, 9.17) is 4.74 Å². The van der Waals surface area contributed by atoms with Gasteiger partial charge in [-0.25, -0.2) is 0 Å². The summed E-state index contributed by atoms with van der Waals surface area (Å²) in [6, 6.07) is 4.38. The van der Waals surface area contributed by atoms with Gasteiger partial charge in [0, 0.05) is 4.47 Å². The standard InChI is InChI=1S/C11H13BrO/c1-7-4-9-8(5-10(7)12)6-13-11(9,2)3/h4-5H,6H2,1-3H3. The fraction of sp³-hybridized carbons (Fsp3) is 0.455. The Morgan fingerprint density at radius 1 is 1.38 bits per heavy atom. The van der Waals surface area contributed by atoms with Crippen LogP contribution >= 0.6 is 15.9 Å². The lowest BCUT2D eigenvalue weighted by atomic mass is 9.95. The highest BCUT2D eigenvalue weighted by Crippen LogP contribution is 2.38. The van der Waals surface area contributed by atoms with E-state index in [0.717, 1.165) is 6.61 Å². The first-order valence-corrected chi connectivity index (χ1v) is 5.23. The molecule has 1 nitrogen and oxygen atoms in total. The number of hydrogen-bond acceptors (Lipinski definition) is 1. The number of ether oxygens (including phenoxy) is 1. The quantitative estimate of drug-likeness (QED) is 0.675. The fourth-order valence-electron chi connectivity index (χ4n) is 1.74. The zero-order valence-electron chi connectivity index (χ0n) is 8.15. The van der Waals surface area contributed by atoms with Crippen molar-refractivity contribution >= 4 is 15.9 Å². The lowest BCUT2D eigenvalue weighted by Crippen LogP contribution is -2.14. The van der Waals surface area contributed by atoms with E-state index in [1.807, 2.05) is 0 Å². The maximum absolute atomic E-state index is 5.70. The van der Waals surface area contributed by atoms with Gasteiger partial charge in [0.1, 0.15) is 0 Å². The van der Waals surface area contributed by atoms with Gasteiger partial charge in [-0.1, -0.05) is 22.0 Å². The summed E-state index contributed by atoms with van der Waals surface area (Å²) in [5.41, 5.74) is 3.80. The molecule has 0 atom stereocenters. The van der Waals surface area contributed by atoms with Gasteiger partial charge in [-0.3, -0.25) is 0 Å². The summed E-state index contributed by atoms with van der Waals surface area (Å²) in [6.07, 6.45) is 0. The zero-order valence-corrected chi connectivity index (χ0v) is 9.73. The average Bonchev–Trinajstić information content (AvgIpc) is 2.31. The Balaban J connectivity index is 2.61. The highest BCUT2D eigenvalue weighted by atomic mass is 79.9. The molecule has 0 aliphatic carbocycles. The molecule has 0 amide bonds. The fourth-order valence-corrected chi connectivity index (χ4v) is 2.13. The van der Waals surface area contributed by atoms with E-state index in [1.165, 1.54) is 21.2 Å². The lowest BCUT2D eigenvalue weighted by molar-refractivity contribution is -0.00791. The molecule has 0 spiro atoms. The third-order valence-electron chi connectivity index (χ3n) is 2.62. The maximum Gasteiger partial charge on any atom is 0.0883 e. The molecule has 1 aliphatic rings. The topological polar surface area (TPSA) is 9.23 Å². The largest absolute Gasteiger partial charge is 0.366 e. The number of fused-ring (bicyclic) bond motifs is 1. The number of halogens is 1. The van der Waals surface area contributed by atoms with Crippen LogP contribution in [0.2, 0.25) is 0 Å². The second kappa shape index (κ2) is 2.82. The molecule has 70 valence electrons. The van der Waals surface area contributed by atoms with E-state index in [9.17, 15) is 0 Å². The molecule has 0 fully saturated rings. The van der Waals surface area contributed by atoms with Gasteiger partial charge in [0.2, 0.25) is 0 Å². The van der Waals surface area contributed by atoms with Gasteiger partial charge in [0.05, 0.1) is 12.2 Å². The summed E-state index contributed by atoms with van der Waals surface area (Å²) in [5.74, 6) is 0. The minimum absolute atomic E-state index is 0.110. The predicted octanol–water partition coefficient (Wildman–Crippen LogP) is 3.52. The smallest absolute Gasteiger partial charge is 0.0883 e. The van der Waals surface area contributed by atoms with Crippen molar-refractivity contribution < 1.29 is 4.74 Å². The van der Waals surface area contributed by atoms with E-state index in [0.29, 0.717) is 0 Å². The van der Waals surface area contributed by atoms with Gasteiger partial charge in [-0.05, 0) is 43.5 Å². The summed E-state index contributed by atoms with van der Waals surface area (Å²) in [7, 11) is 0. The second-order valence-electron chi connectivity index (χ2n) is 4.06. The van der Waals surface area contributed by atoms with Crippen molar-refractivity contribution in [3.63, 3.8) is 0 Å². The zero-order chi connectivity index (χ0) is 9.64. The van der Waals surface area contributed by atoms with Crippen LogP contribution in [0.3, 0.4) is 0 Å². The van der Waals surface area contributed by atoms with Crippen LogP contribution in [0, 0.1) is 6.92 Å². The Morgan fingerprint density at radius 3 is 2.77 bits per heavy atom. The molecule has 1 aromatic carbocycles. The summed E-state index contributed by atoms with van der Waals surface area (Å²) in [6.45, 7) is 7.08. The normalized spacial score (nSPS) is 18.8. The minimum atomic E-state index is -0.110. The summed E-state index contributed by atoms with van der Waals surface area (Å²) in [4.78, 5) is 0. The maximum atomic E-state index is 5.70. The molecule has 2 heteroatoms. The van der Waals surface area contributed by atoms with E-state index in [-0.39, 0.29) is 5.60 Å². The highest BCUT2D eigenvalue weighted by molar-refractivity contribution is 9.10.